The minimum Gasteiger partial charge on any atom is -0.239 e. The number of rotatable bonds is 2. The van der Waals surface area contributed by atoms with Crippen LogP contribution in [0.5, 0.6) is 0 Å². The molecule has 2 nitrogen and oxygen atoms in total. The number of benzene rings is 1. The van der Waals surface area contributed by atoms with Crippen LogP contribution in [-0.2, 0) is 15.5 Å². The van der Waals surface area contributed by atoms with E-state index in [0.29, 0.717) is 5.56 Å². The Morgan fingerprint density at radius 2 is 1.57 bits per heavy atom. The van der Waals surface area contributed by atoms with Crippen LogP contribution in [0, 0.1) is 0 Å². The van der Waals surface area contributed by atoms with Crippen molar-refractivity contribution in [2.75, 3.05) is 6.26 Å². The van der Waals surface area contributed by atoms with E-state index in [0.717, 1.165) is 6.26 Å². The molecule has 78 valence electrons. The molecule has 0 radical (unpaired) electrons. The quantitative estimate of drug-likeness (QED) is 0.760. The van der Waals surface area contributed by atoms with E-state index >= 15 is 0 Å². The standard InChI is InChI=1S/C10H13FO2S/c1-10(2,11)8-4-6-9(7-5-8)14(3,12)13/h4-7H,1-3H3. The molecule has 0 amide bonds. The summed E-state index contributed by atoms with van der Waals surface area (Å²) in [5, 5.41) is 0. The molecule has 1 aromatic carbocycles. The fourth-order valence-electron chi connectivity index (χ4n) is 1.10. The number of halogens is 1. The molecule has 0 aliphatic heterocycles. The summed E-state index contributed by atoms with van der Waals surface area (Å²) >= 11 is 0. The second-order valence-electron chi connectivity index (χ2n) is 3.77. The molecule has 0 spiro atoms. The van der Waals surface area contributed by atoms with Crippen molar-refractivity contribution in [2.24, 2.45) is 0 Å². The van der Waals surface area contributed by atoms with Crippen molar-refractivity contribution >= 4 is 9.84 Å². The maximum atomic E-state index is 13.4. The topological polar surface area (TPSA) is 34.1 Å². The van der Waals surface area contributed by atoms with Gasteiger partial charge in [-0.3, -0.25) is 0 Å². The van der Waals surface area contributed by atoms with Crippen LogP contribution in [0.25, 0.3) is 0 Å². The molecule has 0 heterocycles. The zero-order valence-corrected chi connectivity index (χ0v) is 9.23. The van der Waals surface area contributed by atoms with E-state index in [1.54, 1.807) is 0 Å². The summed E-state index contributed by atoms with van der Waals surface area (Å²) in [5.74, 6) is 0. The molecule has 1 rings (SSSR count). The van der Waals surface area contributed by atoms with E-state index in [-0.39, 0.29) is 4.90 Å². The van der Waals surface area contributed by atoms with Gasteiger partial charge in [0.15, 0.2) is 9.84 Å². The van der Waals surface area contributed by atoms with Crippen molar-refractivity contribution in [3.63, 3.8) is 0 Å². The number of alkyl halides is 1. The summed E-state index contributed by atoms with van der Waals surface area (Å²) in [5.41, 5.74) is -0.958. The van der Waals surface area contributed by atoms with Crippen molar-refractivity contribution in [2.45, 2.75) is 24.4 Å². The first-order chi connectivity index (χ1) is 6.21. The van der Waals surface area contributed by atoms with Crippen molar-refractivity contribution in [1.82, 2.24) is 0 Å². The lowest BCUT2D eigenvalue weighted by Gasteiger charge is -2.14. The van der Waals surface area contributed by atoms with Crippen LogP contribution in [0.4, 0.5) is 4.39 Å². The largest absolute Gasteiger partial charge is 0.239 e. The normalized spacial score (nSPS) is 12.9. The van der Waals surface area contributed by atoms with E-state index < -0.39 is 15.5 Å². The van der Waals surface area contributed by atoms with Crippen molar-refractivity contribution in [3.05, 3.63) is 29.8 Å². The van der Waals surface area contributed by atoms with E-state index in [1.807, 2.05) is 0 Å². The van der Waals surface area contributed by atoms with E-state index in [2.05, 4.69) is 0 Å². The molecular formula is C10H13FO2S. The highest BCUT2D eigenvalue weighted by molar-refractivity contribution is 7.90. The monoisotopic (exact) mass is 216 g/mol. The summed E-state index contributed by atoms with van der Waals surface area (Å²) in [6, 6.07) is 5.84. The van der Waals surface area contributed by atoms with Gasteiger partial charge in [0, 0.05) is 6.26 Å². The van der Waals surface area contributed by atoms with Crippen molar-refractivity contribution in [3.8, 4) is 0 Å². The van der Waals surface area contributed by atoms with Crippen LogP contribution < -0.4 is 0 Å². The Kier molecular flexibility index (Phi) is 2.67. The lowest BCUT2D eigenvalue weighted by atomic mass is 10.0. The molecule has 0 saturated heterocycles. The first kappa shape index (κ1) is 11.2. The number of hydrogen-bond acceptors (Lipinski definition) is 2. The molecule has 1 aromatic rings. The predicted molar refractivity (Wildman–Crippen MR) is 53.7 cm³/mol. The van der Waals surface area contributed by atoms with E-state index in [1.165, 1.54) is 38.1 Å². The lowest BCUT2D eigenvalue weighted by Crippen LogP contribution is -2.09. The fraction of sp³-hybridized carbons (Fsp3) is 0.400. The molecule has 0 unspecified atom stereocenters. The van der Waals surface area contributed by atoms with Gasteiger partial charge in [0.05, 0.1) is 4.90 Å². The zero-order valence-electron chi connectivity index (χ0n) is 8.41. The highest BCUT2D eigenvalue weighted by Gasteiger charge is 2.18. The van der Waals surface area contributed by atoms with Gasteiger partial charge in [0.25, 0.3) is 0 Å². The average molecular weight is 216 g/mol. The number of sulfone groups is 1. The van der Waals surface area contributed by atoms with Crippen molar-refractivity contribution in [1.29, 1.82) is 0 Å². The first-order valence-electron chi connectivity index (χ1n) is 4.21. The van der Waals surface area contributed by atoms with Gasteiger partial charge in [0.2, 0.25) is 0 Å². The highest BCUT2D eigenvalue weighted by atomic mass is 32.2. The first-order valence-corrected chi connectivity index (χ1v) is 6.10. The van der Waals surface area contributed by atoms with Crippen LogP contribution in [0.15, 0.2) is 29.2 Å². The third kappa shape index (κ3) is 2.54. The van der Waals surface area contributed by atoms with Gasteiger partial charge in [-0.2, -0.15) is 0 Å². The molecule has 0 fully saturated rings. The van der Waals surface area contributed by atoms with Crippen LogP contribution in [-0.4, -0.2) is 14.7 Å². The van der Waals surface area contributed by atoms with Crippen LogP contribution in [0.1, 0.15) is 19.4 Å². The maximum absolute atomic E-state index is 13.4. The van der Waals surface area contributed by atoms with Crippen molar-refractivity contribution < 1.29 is 12.8 Å². The molecule has 4 heteroatoms. The Bertz CT molecular complexity index is 412. The van der Waals surface area contributed by atoms with E-state index in [9.17, 15) is 12.8 Å². The minimum absolute atomic E-state index is 0.213. The smallest absolute Gasteiger partial charge is 0.175 e. The molecule has 0 bridgehead atoms. The third-order valence-electron chi connectivity index (χ3n) is 1.97. The Morgan fingerprint density at radius 1 is 1.14 bits per heavy atom. The summed E-state index contributed by atoms with van der Waals surface area (Å²) in [4.78, 5) is 0.213. The van der Waals surface area contributed by atoms with Gasteiger partial charge in [-0.25, -0.2) is 12.8 Å². The summed E-state index contributed by atoms with van der Waals surface area (Å²) in [6.07, 6.45) is 1.13. The molecule has 0 saturated carbocycles. The lowest BCUT2D eigenvalue weighted by molar-refractivity contribution is 0.221. The Hall–Kier alpha value is -0.900. The molecule has 0 aliphatic rings. The van der Waals surface area contributed by atoms with Crippen LogP contribution in [0.3, 0.4) is 0 Å². The highest BCUT2D eigenvalue weighted by Crippen LogP contribution is 2.25. The summed E-state index contributed by atoms with van der Waals surface area (Å²) in [6.45, 7) is 2.87. The molecule has 14 heavy (non-hydrogen) atoms. The van der Waals surface area contributed by atoms with E-state index in [4.69, 9.17) is 0 Å². The van der Waals surface area contributed by atoms with Gasteiger partial charge in [-0.05, 0) is 31.5 Å². The SMILES string of the molecule is CC(C)(F)c1ccc(S(C)(=O)=O)cc1. The van der Waals surface area contributed by atoms with Gasteiger partial charge >= 0.3 is 0 Å². The Labute approximate surface area is 83.7 Å². The second-order valence-corrected chi connectivity index (χ2v) is 5.78. The average Bonchev–Trinajstić information content (AvgIpc) is 2.01. The maximum Gasteiger partial charge on any atom is 0.175 e. The molecular weight excluding hydrogens is 203 g/mol. The predicted octanol–water partition coefficient (Wildman–Crippen LogP) is 2.29. The Morgan fingerprint density at radius 3 is 1.86 bits per heavy atom. The van der Waals surface area contributed by atoms with Crippen LogP contribution >= 0.6 is 0 Å². The summed E-state index contributed by atoms with van der Waals surface area (Å²) < 4.78 is 35.6. The fourth-order valence-corrected chi connectivity index (χ4v) is 1.73. The molecule has 0 atom stereocenters. The van der Waals surface area contributed by atoms with Gasteiger partial charge in [-0.1, -0.05) is 12.1 Å². The zero-order chi connectivity index (χ0) is 11.0. The van der Waals surface area contributed by atoms with Gasteiger partial charge in [0.1, 0.15) is 5.67 Å². The van der Waals surface area contributed by atoms with Gasteiger partial charge < -0.3 is 0 Å². The molecule has 0 aliphatic carbocycles. The molecule has 0 N–H and O–H groups in total. The molecule has 0 aromatic heterocycles. The van der Waals surface area contributed by atoms with Crippen LogP contribution in [0.2, 0.25) is 0 Å². The van der Waals surface area contributed by atoms with Gasteiger partial charge in [-0.15, -0.1) is 0 Å². The third-order valence-corrected chi connectivity index (χ3v) is 3.10. The Balaban J connectivity index is 3.14. The summed E-state index contributed by atoms with van der Waals surface area (Å²) in [7, 11) is -3.19. The minimum atomic E-state index is -3.19. The number of hydrogen-bond donors (Lipinski definition) is 0. The second kappa shape index (κ2) is 3.35.